The minimum Gasteiger partial charge on any atom is -0.462 e. The number of amidine groups is 1. The molecule has 188 valence electrons. The molecule has 2 aliphatic rings. The number of halogens is 1. The normalized spacial score (nSPS) is 26.1. The molecule has 2 rings (SSSR count). The molecular weight excluding hydrogens is 447 g/mol. The number of hydrogen-bond donors (Lipinski definition) is 1. The average molecular weight is 481 g/mol. The van der Waals surface area contributed by atoms with E-state index in [4.69, 9.17) is 19.9 Å². The van der Waals surface area contributed by atoms with Gasteiger partial charge in [-0.05, 0) is 24.4 Å². The van der Waals surface area contributed by atoms with Crippen molar-refractivity contribution in [2.75, 3.05) is 6.61 Å². The second-order valence-electron chi connectivity index (χ2n) is 8.15. The van der Waals surface area contributed by atoms with E-state index in [0.29, 0.717) is 12.8 Å². The van der Waals surface area contributed by atoms with Gasteiger partial charge in [0.05, 0.1) is 0 Å². The molecule has 4 atom stereocenters. The van der Waals surface area contributed by atoms with Crippen molar-refractivity contribution in [2.24, 2.45) is 15.8 Å². The lowest BCUT2D eigenvalue weighted by Crippen LogP contribution is -2.47. The lowest BCUT2D eigenvalue weighted by molar-refractivity contribution is -0.178. The van der Waals surface area contributed by atoms with Crippen molar-refractivity contribution < 1.29 is 28.2 Å². The third-order valence-electron chi connectivity index (χ3n) is 5.45. The van der Waals surface area contributed by atoms with Crippen molar-refractivity contribution in [3.63, 3.8) is 0 Å². The quantitative estimate of drug-likeness (QED) is 0.138. The van der Waals surface area contributed by atoms with Crippen molar-refractivity contribution >= 4 is 17.8 Å². The number of nitrogens with zero attached hydrogens (tertiary/aromatic N) is 5. The fourth-order valence-corrected chi connectivity index (χ4v) is 3.62. The summed E-state index contributed by atoms with van der Waals surface area (Å²) in [6, 6.07) is 0. The van der Waals surface area contributed by atoms with E-state index >= 15 is 4.39 Å². The van der Waals surface area contributed by atoms with Crippen molar-refractivity contribution in [1.82, 2.24) is 4.90 Å². The fourth-order valence-electron chi connectivity index (χ4n) is 3.62. The van der Waals surface area contributed by atoms with Gasteiger partial charge in [0.25, 0.3) is 0 Å². The fraction of sp³-hybridized carbons (Fsp3) is 0.682. The first kappa shape index (κ1) is 27.1. The van der Waals surface area contributed by atoms with Crippen LogP contribution < -0.4 is 5.73 Å². The number of alkyl halides is 1. The van der Waals surface area contributed by atoms with E-state index in [9.17, 15) is 15.1 Å². The predicted octanol–water partition coefficient (Wildman–Crippen LogP) is 3.96. The van der Waals surface area contributed by atoms with E-state index in [2.05, 4.69) is 21.6 Å². The number of esters is 2. The van der Waals surface area contributed by atoms with Gasteiger partial charge in [-0.2, -0.15) is 0 Å². The van der Waals surface area contributed by atoms with Gasteiger partial charge in [0.15, 0.2) is 18.5 Å². The SMILES string of the molecule is C=C1N=C(N)C=CN1[C@@H]1O[C@@](COC(=O)CCCCC)(N=[N+]=[N-])[C@@H](OC(=O)CCCCC)[C@H]1F. The Labute approximate surface area is 198 Å². The topological polar surface area (TPSA) is 152 Å². The first-order chi connectivity index (χ1) is 16.3. The van der Waals surface area contributed by atoms with E-state index in [1.807, 2.05) is 13.8 Å². The summed E-state index contributed by atoms with van der Waals surface area (Å²) in [5, 5.41) is 3.61. The number of azide groups is 1. The van der Waals surface area contributed by atoms with Gasteiger partial charge in [-0.3, -0.25) is 9.59 Å². The second kappa shape index (κ2) is 13.0. The first-order valence-corrected chi connectivity index (χ1v) is 11.5. The summed E-state index contributed by atoms with van der Waals surface area (Å²) >= 11 is 0. The molecule has 0 aromatic rings. The highest BCUT2D eigenvalue weighted by atomic mass is 19.1. The third-order valence-corrected chi connectivity index (χ3v) is 5.45. The second-order valence-corrected chi connectivity index (χ2v) is 8.15. The maximum Gasteiger partial charge on any atom is 0.306 e. The zero-order valence-electron chi connectivity index (χ0n) is 19.7. The number of nitrogens with two attached hydrogens (primary N) is 1. The zero-order chi connectivity index (χ0) is 25.1. The molecule has 12 heteroatoms. The molecule has 0 unspecified atom stereocenters. The van der Waals surface area contributed by atoms with Gasteiger partial charge in [0.1, 0.15) is 18.3 Å². The van der Waals surface area contributed by atoms with E-state index in [1.54, 1.807) is 0 Å². The van der Waals surface area contributed by atoms with Crippen molar-refractivity contribution in [1.29, 1.82) is 0 Å². The first-order valence-electron chi connectivity index (χ1n) is 11.5. The minimum atomic E-state index is -2.11. The molecule has 34 heavy (non-hydrogen) atoms. The van der Waals surface area contributed by atoms with Gasteiger partial charge < -0.3 is 24.8 Å². The largest absolute Gasteiger partial charge is 0.462 e. The summed E-state index contributed by atoms with van der Waals surface area (Å²) in [6.07, 6.45) is 2.59. The Morgan fingerprint density at radius 2 is 1.94 bits per heavy atom. The molecule has 0 bridgehead atoms. The van der Waals surface area contributed by atoms with Gasteiger partial charge in [-0.1, -0.05) is 51.2 Å². The summed E-state index contributed by atoms with van der Waals surface area (Å²) in [5.74, 6) is -0.992. The lowest BCUT2D eigenvalue weighted by Gasteiger charge is -2.31. The summed E-state index contributed by atoms with van der Waals surface area (Å²) in [4.78, 5) is 32.6. The number of unbranched alkanes of at least 4 members (excludes halogenated alkanes) is 4. The van der Waals surface area contributed by atoms with Gasteiger partial charge >= 0.3 is 11.9 Å². The molecule has 1 saturated heterocycles. The molecule has 11 nitrogen and oxygen atoms in total. The average Bonchev–Trinajstić information content (AvgIpc) is 3.05. The zero-order valence-corrected chi connectivity index (χ0v) is 19.7. The van der Waals surface area contributed by atoms with Gasteiger partial charge in [0, 0.05) is 24.0 Å². The summed E-state index contributed by atoms with van der Waals surface area (Å²) in [7, 11) is 0. The Kier molecular flexibility index (Phi) is 10.3. The molecule has 2 heterocycles. The van der Waals surface area contributed by atoms with Gasteiger partial charge in [0.2, 0.25) is 5.72 Å². The number of carbonyl (C=O) groups is 2. The van der Waals surface area contributed by atoms with Crippen LogP contribution in [-0.2, 0) is 23.8 Å². The highest BCUT2D eigenvalue weighted by Gasteiger charge is 2.60. The van der Waals surface area contributed by atoms with Crippen LogP contribution in [0.2, 0.25) is 0 Å². The number of ether oxygens (including phenoxy) is 3. The Morgan fingerprint density at radius 1 is 1.29 bits per heavy atom. The van der Waals surface area contributed by atoms with Crippen LogP contribution in [0.25, 0.3) is 10.4 Å². The molecule has 0 aromatic heterocycles. The smallest absolute Gasteiger partial charge is 0.306 e. The van der Waals surface area contributed by atoms with E-state index in [1.165, 1.54) is 17.2 Å². The Hall–Kier alpha value is -3.11. The Morgan fingerprint density at radius 3 is 2.53 bits per heavy atom. The number of aliphatic imine (C=N–C) groups is 1. The van der Waals surface area contributed by atoms with Crippen molar-refractivity contribution in [3.8, 4) is 0 Å². The van der Waals surface area contributed by atoms with Crippen molar-refractivity contribution in [2.45, 2.75) is 89.4 Å². The van der Waals surface area contributed by atoms with Crippen LogP contribution in [0, 0.1) is 0 Å². The van der Waals surface area contributed by atoms with Crippen LogP contribution in [0.3, 0.4) is 0 Å². The molecule has 0 aromatic carbocycles. The van der Waals surface area contributed by atoms with E-state index in [0.717, 1.165) is 25.7 Å². The molecular formula is C22H33FN6O5. The van der Waals surface area contributed by atoms with Crippen LogP contribution in [0.5, 0.6) is 0 Å². The molecule has 2 aliphatic heterocycles. The maximum absolute atomic E-state index is 15.7. The van der Waals surface area contributed by atoms with Gasteiger partial charge in [-0.15, -0.1) is 0 Å². The van der Waals surface area contributed by atoms with E-state index < -0.39 is 42.8 Å². The predicted molar refractivity (Wildman–Crippen MR) is 123 cm³/mol. The molecule has 0 spiro atoms. The molecule has 0 amide bonds. The Balaban J connectivity index is 2.28. The van der Waals surface area contributed by atoms with Crippen LogP contribution in [0.4, 0.5) is 4.39 Å². The molecule has 2 N–H and O–H groups in total. The third kappa shape index (κ3) is 6.94. The summed E-state index contributed by atoms with van der Waals surface area (Å²) < 4.78 is 32.2. The number of carbonyl (C=O) groups excluding carboxylic acids is 2. The van der Waals surface area contributed by atoms with Crippen LogP contribution in [0.1, 0.15) is 65.2 Å². The van der Waals surface area contributed by atoms with Crippen LogP contribution >= 0.6 is 0 Å². The monoisotopic (exact) mass is 480 g/mol. The number of hydrogen-bond acceptors (Lipinski definition) is 9. The van der Waals surface area contributed by atoms with Gasteiger partial charge in [-0.25, -0.2) is 9.38 Å². The van der Waals surface area contributed by atoms with Crippen LogP contribution in [0.15, 0.2) is 34.8 Å². The number of rotatable bonds is 13. The lowest BCUT2D eigenvalue weighted by atomic mass is 10.1. The summed E-state index contributed by atoms with van der Waals surface area (Å²) in [6.45, 7) is 7.09. The molecule has 0 radical (unpaired) electrons. The van der Waals surface area contributed by atoms with Crippen LogP contribution in [-0.4, -0.2) is 53.5 Å². The molecule has 1 fully saturated rings. The molecule has 0 aliphatic carbocycles. The van der Waals surface area contributed by atoms with E-state index in [-0.39, 0.29) is 24.5 Å². The summed E-state index contributed by atoms with van der Waals surface area (Å²) in [5.41, 5.74) is 12.8. The highest BCUT2D eigenvalue weighted by Crippen LogP contribution is 2.40. The Bertz CT molecular complexity index is 859. The maximum atomic E-state index is 15.7. The molecule has 0 saturated carbocycles. The standard InChI is InChI=1S/C22H33FN6O5/c1-4-6-8-10-17(30)32-14-22(27-28-25)20(33-18(31)11-9-7-5-2)19(23)21(34-22)29-13-12-16(24)26-15(29)3/h12-13,19-21H,3-11,14H2,1-2H3,(H2,24,26)/t19-,20+,21-,22-/m1/s1. The highest BCUT2D eigenvalue weighted by molar-refractivity contribution is 5.92. The minimum absolute atomic E-state index is 0.0576. The van der Waals surface area contributed by atoms with Crippen molar-refractivity contribution in [3.05, 3.63) is 35.1 Å².